The highest BCUT2D eigenvalue weighted by Crippen LogP contribution is 2.52. The normalized spacial score (nSPS) is 20.4. The summed E-state index contributed by atoms with van der Waals surface area (Å²) in [6.45, 7) is 2.40. The quantitative estimate of drug-likeness (QED) is 0.139. The molecule has 4 aromatic carbocycles. The Balaban J connectivity index is 1.32. The number of benzene rings is 4. The molecule has 6 rings (SSSR count). The maximum Gasteiger partial charge on any atom is 0.138 e. The Labute approximate surface area is 238 Å². The molecule has 4 aromatic rings. The number of rotatable bonds is 8. The van der Waals surface area contributed by atoms with E-state index in [9.17, 15) is 4.79 Å². The number of aliphatic imine (C=N–C) groups is 1. The fourth-order valence-electron chi connectivity index (χ4n) is 7.07. The molecular formula is C37H38N2O. The molecule has 2 atom stereocenters. The van der Waals surface area contributed by atoms with Crippen LogP contribution in [0.5, 0.6) is 0 Å². The van der Waals surface area contributed by atoms with Crippen molar-refractivity contribution in [3.63, 3.8) is 0 Å². The molecule has 0 spiro atoms. The molecule has 202 valence electrons. The summed E-state index contributed by atoms with van der Waals surface area (Å²) in [6.07, 6.45) is 4.32. The van der Waals surface area contributed by atoms with Crippen LogP contribution in [0, 0.1) is 11.8 Å². The Bertz CT molecular complexity index is 1380. The Hall–Kier alpha value is -3.98. The number of fused-ring (bicyclic) bond motifs is 1. The first-order valence-electron chi connectivity index (χ1n) is 14.7. The Kier molecular flexibility index (Phi) is 7.90. The first-order valence-corrected chi connectivity index (χ1v) is 14.7. The van der Waals surface area contributed by atoms with Crippen LogP contribution in [0.2, 0.25) is 0 Å². The fourth-order valence-corrected chi connectivity index (χ4v) is 7.07. The van der Waals surface area contributed by atoms with E-state index in [4.69, 9.17) is 4.99 Å². The summed E-state index contributed by atoms with van der Waals surface area (Å²) in [5, 5.41) is 0. The number of likely N-dealkylation sites (tertiary alicyclic amines) is 1. The number of hydrogen-bond acceptors (Lipinski definition) is 2. The molecule has 1 aliphatic heterocycles. The van der Waals surface area contributed by atoms with Gasteiger partial charge in [-0.15, -0.1) is 0 Å². The molecule has 2 aliphatic rings. The molecule has 0 bridgehead atoms. The Morgan fingerprint density at radius 2 is 1.27 bits per heavy atom. The minimum atomic E-state index is -0.180. The van der Waals surface area contributed by atoms with Crippen molar-refractivity contribution in [2.45, 2.75) is 37.5 Å². The van der Waals surface area contributed by atoms with E-state index in [0.29, 0.717) is 12.2 Å². The van der Waals surface area contributed by atoms with Gasteiger partial charge in [0, 0.05) is 49.7 Å². The molecule has 0 amide bonds. The number of aryl methyl sites for hydroxylation is 1. The van der Waals surface area contributed by atoms with Crippen molar-refractivity contribution in [3.8, 4) is 0 Å². The molecule has 2 unspecified atom stereocenters. The van der Waals surface area contributed by atoms with Gasteiger partial charge in [-0.1, -0.05) is 121 Å². The third-order valence-electron chi connectivity index (χ3n) is 9.04. The second-order valence-electron chi connectivity index (χ2n) is 11.3. The van der Waals surface area contributed by atoms with Crippen LogP contribution >= 0.6 is 0 Å². The topological polar surface area (TPSA) is 32.7 Å². The highest BCUT2D eigenvalue weighted by atomic mass is 16.1. The Morgan fingerprint density at radius 1 is 0.725 bits per heavy atom. The average molecular weight is 527 g/mol. The zero-order chi connectivity index (χ0) is 27.2. The molecule has 1 saturated carbocycles. The van der Waals surface area contributed by atoms with Crippen LogP contribution in [0.4, 0.5) is 0 Å². The molecule has 3 nitrogen and oxygen atoms in total. The van der Waals surface area contributed by atoms with Gasteiger partial charge in [0.1, 0.15) is 11.6 Å². The van der Waals surface area contributed by atoms with Crippen LogP contribution in [-0.2, 0) is 23.1 Å². The van der Waals surface area contributed by atoms with Crippen LogP contribution in [0.3, 0.4) is 0 Å². The summed E-state index contributed by atoms with van der Waals surface area (Å²) in [5.74, 6) is 1.76. The molecule has 2 fully saturated rings. The van der Waals surface area contributed by atoms with E-state index in [1.54, 1.807) is 0 Å². The minimum Gasteiger partial charge on any atom is -0.359 e. The number of ketones is 1. The van der Waals surface area contributed by atoms with Gasteiger partial charge in [0.15, 0.2) is 0 Å². The third kappa shape index (κ3) is 5.38. The molecule has 0 N–H and O–H groups in total. The summed E-state index contributed by atoms with van der Waals surface area (Å²) in [5.41, 5.74) is 5.10. The molecule has 1 aliphatic carbocycles. The molecule has 1 saturated heterocycles. The number of amidine groups is 1. The van der Waals surface area contributed by atoms with Crippen molar-refractivity contribution in [2.75, 3.05) is 19.6 Å². The van der Waals surface area contributed by atoms with Crippen LogP contribution in [0.25, 0.3) is 0 Å². The van der Waals surface area contributed by atoms with Gasteiger partial charge in [-0.25, -0.2) is 0 Å². The van der Waals surface area contributed by atoms with Crippen LogP contribution in [-0.4, -0.2) is 36.2 Å². The van der Waals surface area contributed by atoms with Gasteiger partial charge in [0.05, 0.1) is 0 Å². The maximum absolute atomic E-state index is 13.5. The first-order chi connectivity index (χ1) is 19.7. The second-order valence-corrected chi connectivity index (χ2v) is 11.3. The Morgan fingerprint density at radius 3 is 1.88 bits per heavy atom. The molecule has 3 heteroatoms. The van der Waals surface area contributed by atoms with Crippen molar-refractivity contribution < 1.29 is 4.79 Å². The molecule has 0 radical (unpaired) electrons. The fraction of sp³-hybridized carbons (Fsp3) is 0.297. The summed E-state index contributed by atoms with van der Waals surface area (Å²) in [6, 6.07) is 43.2. The number of carbonyl (C=O) groups is 1. The van der Waals surface area contributed by atoms with Gasteiger partial charge < -0.3 is 4.90 Å². The van der Waals surface area contributed by atoms with E-state index in [1.807, 2.05) is 0 Å². The van der Waals surface area contributed by atoms with Gasteiger partial charge in [0.2, 0.25) is 0 Å². The highest BCUT2D eigenvalue weighted by Gasteiger charge is 2.54. The largest absolute Gasteiger partial charge is 0.359 e. The van der Waals surface area contributed by atoms with Crippen molar-refractivity contribution in [3.05, 3.63) is 144 Å². The second kappa shape index (κ2) is 12.0. The van der Waals surface area contributed by atoms with Crippen molar-refractivity contribution in [1.82, 2.24) is 4.90 Å². The van der Waals surface area contributed by atoms with Crippen LogP contribution in [0.15, 0.2) is 126 Å². The smallest absolute Gasteiger partial charge is 0.138 e. The van der Waals surface area contributed by atoms with Crippen molar-refractivity contribution in [2.24, 2.45) is 16.8 Å². The van der Waals surface area contributed by atoms with Crippen LogP contribution < -0.4 is 0 Å². The minimum absolute atomic E-state index is 0.0134. The number of carbonyl (C=O) groups excluding carboxylic acids is 1. The third-order valence-corrected chi connectivity index (χ3v) is 9.04. The molecular weight excluding hydrogens is 488 g/mol. The summed E-state index contributed by atoms with van der Waals surface area (Å²) >= 11 is 0. The van der Waals surface area contributed by atoms with Gasteiger partial charge in [0.25, 0.3) is 0 Å². The summed E-state index contributed by atoms with van der Waals surface area (Å²) in [7, 11) is 0. The van der Waals surface area contributed by atoms with E-state index >= 15 is 0 Å². The predicted octanol–water partition coefficient (Wildman–Crippen LogP) is 7.16. The standard InChI is InChI=1S/C37H38N2O/c40-35-23-24-37(31-19-9-3-10-20-31,32-21-11-4-12-22-32)34-28-39(27-33(34)35)36(26-30-16-7-2-8-17-30)38-25-13-18-29-14-5-1-6-15-29/h1-12,14-17,19-22,33-34H,13,18,23-28H2. The van der Waals surface area contributed by atoms with E-state index in [0.717, 1.165) is 51.2 Å². The molecule has 0 aromatic heterocycles. The average Bonchev–Trinajstić information content (AvgIpc) is 3.48. The van der Waals surface area contributed by atoms with E-state index in [1.165, 1.54) is 22.3 Å². The zero-order valence-corrected chi connectivity index (χ0v) is 23.2. The van der Waals surface area contributed by atoms with E-state index in [-0.39, 0.29) is 17.3 Å². The zero-order valence-electron chi connectivity index (χ0n) is 23.2. The lowest BCUT2D eigenvalue weighted by molar-refractivity contribution is -0.126. The number of Topliss-reactive ketones (excluding diaryl/α,β-unsaturated/α-hetero) is 1. The van der Waals surface area contributed by atoms with Gasteiger partial charge in [-0.2, -0.15) is 0 Å². The van der Waals surface area contributed by atoms with E-state index < -0.39 is 0 Å². The van der Waals surface area contributed by atoms with Gasteiger partial charge in [-0.3, -0.25) is 9.79 Å². The lowest BCUT2D eigenvalue weighted by Crippen LogP contribution is -2.47. The SMILES string of the molecule is O=C1CCC(c2ccccc2)(c2ccccc2)C2CN(C(Cc3ccccc3)=NCCCc3ccccc3)CC12. The van der Waals surface area contributed by atoms with Crippen LogP contribution in [0.1, 0.15) is 41.5 Å². The summed E-state index contributed by atoms with van der Waals surface area (Å²) < 4.78 is 0. The van der Waals surface area contributed by atoms with Crippen molar-refractivity contribution >= 4 is 11.6 Å². The van der Waals surface area contributed by atoms with E-state index in [2.05, 4.69) is 126 Å². The number of hydrogen-bond donors (Lipinski definition) is 0. The lowest BCUT2D eigenvalue weighted by Gasteiger charge is -2.45. The predicted molar refractivity (Wildman–Crippen MR) is 164 cm³/mol. The summed E-state index contributed by atoms with van der Waals surface area (Å²) in [4.78, 5) is 21.2. The monoisotopic (exact) mass is 526 g/mol. The van der Waals surface area contributed by atoms with Crippen molar-refractivity contribution in [1.29, 1.82) is 0 Å². The first kappa shape index (κ1) is 26.3. The van der Waals surface area contributed by atoms with Gasteiger partial charge >= 0.3 is 0 Å². The van der Waals surface area contributed by atoms with Gasteiger partial charge in [-0.05, 0) is 41.5 Å². The highest BCUT2D eigenvalue weighted by molar-refractivity contribution is 5.88. The molecule has 40 heavy (non-hydrogen) atoms. The lowest BCUT2D eigenvalue weighted by atomic mass is 9.56. The number of nitrogens with zero attached hydrogens (tertiary/aromatic N) is 2. The molecule has 1 heterocycles. The maximum atomic E-state index is 13.5.